The van der Waals surface area contributed by atoms with Gasteiger partial charge in [0.25, 0.3) is 0 Å². The van der Waals surface area contributed by atoms with E-state index in [0.29, 0.717) is 11.7 Å². The molecule has 1 fully saturated rings. The maximum absolute atomic E-state index is 11.5. The highest BCUT2D eigenvalue weighted by molar-refractivity contribution is 5.97. The van der Waals surface area contributed by atoms with Crippen LogP contribution in [0.25, 0.3) is 0 Å². The van der Waals surface area contributed by atoms with E-state index in [1.54, 1.807) is 0 Å². The summed E-state index contributed by atoms with van der Waals surface area (Å²) in [5.41, 5.74) is 0.854. The van der Waals surface area contributed by atoms with Crippen LogP contribution in [0.1, 0.15) is 23.3 Å². The Morgan fingerprint density at radius 3 is 2.82 bits per heavy atom. The molecular weight excluding hydrogens is 138 g/mol. The fourth-order valence-corrected chi connectivity index (χ4v) is 1.27. The average molecular weight is 149 g/mol. The van der Waals surface area contributed by atoms with Crippen molar-refractivity contribution in [2.75, 3.05) is 0 Å². The molecule has 0 spiro atoms. The third-order valence-electron chi connectivity index (χ3n) is 2.14. The molecule has 11 heavy (non-hydrogen) atoms. The minimum atomic E-state index is 0.317. The number of hydrogen-bond donors (Lipinski definition) is 0. The van der Waals surface area contributed by atoms with Crippen molar-refractivity contribution in [1.29, 1.82) is 0 Å². The molecule has 0 aromatic carbocycles. The number of carbonyl (C=O) groups is 1. The van der Waals surface area contributed by atoms with Gasteiger partial charge >= 0.3 is 0 Å². The molecule has 0 aliphatic heterocycles. The van der Waals surface area contributed by atoms with Crippen LogP contribution in [0.4, 0.5) is 0 Å². The maximum Gasteiger partial charge on any atom is 0.182 e. The number of ketones is 1. The normalized spacial score (nSPS) is 16.8. The van der Waals surface area contributed by atoms with Crippen molar-refractivity contribution >= 4 is 5.78 Å². The van der Waals surface area contributed by atoms with Crippen LogP contribution in [-0.4, -0.2) is 10.4 Å². The summed E-state index contributed by atoms with van der Waals surface area (Å²) in [5.74, 6) is 0.654. The van der Waals surface area contributed by atoms with Crippen LogP contribution in [0.2, 0.25) is 0 Å². The molecule has 0 amide bonds. The molecular formula is C9H11NO. The first-order valence-electron chi connectivity index (χ1n) is 3.94. The SMILES string of the molecule is Cn1cccc1C(=O)C1CC1. The first-order chi connectivity index (χ1) is 5.29. The predicted octanol–water partition coefficient (Wildman–Crippen LogP) is 1.62. The Kier molecular flexibility index (Phi) is 1.34. The zero-order chi connectivity index (χ0) is 7.84. The van der Waals surface area contributed by atoms with Crippen molar-refractivity contribution in [3.63, 3.8) is 0 Å². The molecule has 1 heterocycles. The third-order valence-corrected chi connectivity index (χ3v) is 2.14. The summed E-state index contributed by atoms with van der Waals surface area (Å²) in [5, 5.41) is 0. The summed E-state index contributed by atoms with van der Waals surface area (Å²) >= 11 is 0. The smallest absolute Gasteiger partial charge is 0.182 e. The van der Waals surface area contributed by atoms with Crippen molar-refractivity contribution in [3.05, 3.63) is 24.0 Å². The van der Waals surface area contributed by atoms with Crippen molar-refractivity contribution < 1.29 is 4.79 Å². The molecule has 0 atom stereocenters. The Balaban J connectivity index is 2.27. The van der Waals surface area contributed by atoms with E-state index in [4.69, 9.17) is 0 Å². The number of carbonyl (C=O) groups excluding carboxylic acids is 1. The van der Waals surface area contributed by atoms with Crippen LogP contribution >= 0.6 is 0 Å². The van der Waals surface area contributed by atoms with Gasteiger partial charge in [0.1, 0.15) is 0 Å². The molecule has 0 unspecified atom stereocenters. The van der Waals surface area contributed by atoms with Crippen LogP contribution in [0.5, 0.6) is 0 Å². The zero-order valence-electron chi connectivity index (χ0n) is 6.58. The van der Waals surface area contributed by atoms with E-state index in [0.717, 1.165) is 18.5 Å². The van der Waals surface area contributed by atoms with Crippen LogP contribution in [-0.2, 0) is 7.05 Å². The van der Waals surface area contributed by atoms with E-state index in [9.17, 15) is 4.79 Å². The van der Waals surface area contributed by atoms with Gasteiger partial charge in [0.05, 0.1) is 5.69 Å². The zero-order valence-corrected chi connectivity index (χ0v) is 6.58. The summed E-state index contributed by atoms with van der Waals surface area (Å²) in [6, 6.07) is 3.80. The molecule has 0 radical (unpaired) electrons. The number of rotatable bonds is 2. The third kappa shape index (κ3) is 1.09. The standard InChI is InChI=1S/C9H11NO/c1-10-6-2-3-8(10)9(11)7-4-5-7/h2-3,6-7H,4-5H2,1H3. The lowest BCUT2D eigenvalue weighted by molar-refractivity contribution is 0.0959. The molecule has 2 rings (SSSR count). The lowest BCUT2D eigenvalue weighted by atomic mass is 10.2. The first kappa shape index (κ1) is 6.65. The summed E-state index contributed by atoms with van der Waals surface area (Å²) in [4.78, 5) is 11.5. The van der Waals surface area contributed by atoms with Gasteiger partial charge in [0.15, 0.2) is 5.78 Å². The van der Waals surface area contributed by atoms with E-state index >= 15 is 0 Å². The molecule has 1 aliphatic rings. The minimum absolute atomic E-state index is 0.317. The Morgan fingerprint density at radius 1 is 1.64 bits per heavy atom. The highest BCUT2D eigenvalue weighted by Gasteiger charge is 2.31. The fourth-order valence-electron chi connectivity index (χ4n) is 1.27. The quantitative estimate of drug-likeness (QED) is 0.585. The molecule has 1 aliphatic carbocycles. The van der Waals surface area contributed by atoms with Crippen molar-refractivity contribution in [3.8, 4) is 0 Å². The van der Waals surface area contributed by atoms with Crippen LogP contribution in [0.3, 0.4) is 0 Å². The minimum Gasteiger partial charge on any atom is -0.348 e. The molecule has 0 N–H and O–H groups in total. The molecule has 0 saturated heterocycles. The van der Waals surface area contributed by atoms with E-state index in [2.05, 4.69) is 0 Å². The summed E-state index contributed by atoms with van der Waals surface area (Å²) in [6.07, 6.45) is 4.09. The highest BCUT2D eigenvalue weighted by atomic mass is 16.1. The van der Waals surface area contributed by atoms with Crippen molar-refractivity contribution in [1.82, 2.24) is 4.57 Å². The lowest BCUT2D eigenvalue weighted by Crippen LogP contribution is -2.06. The van der Waals surface area contributed by atoms with Gasteiger partial charge in [-0.05, 0) is 25.0 Å². The number of aromatic nitrogens is 1. The summed E-state index contributed by atoms with van der Waals surface area (Å²) in [7, 11) is 1.91. The lowest BCUT2D eigenvalue weighted by Gasteiger charge is -1.98. The predicted molar refractivity (Wildman–Crippen MR) is 42.5 cm³/mol. The molecule has 0 bridgehead atoms. The Labute approximate surface area is 65.8 Å². The van der Waals surface area contributed by atoms with Crippen LogP contribution < -0.4 is 0 Å². The second-order valence-corrected chi connectivity index (χ2v) is 3.14. The molecule has 1 aromatic heterocycles. The second-order valence-electron chi connectivity index (χ2n) is 3.14. The Bertz CT molecular complexity index is 284. The van der Waals surface area contributed by atoms with Crippen molar-refractivity contribution in [2.24, 2.45) is 13.0 Å². The number of aryl methyl sites for hydroxylation is 1. The van der Waals surface area contributed by atoms with Gasteiger partial charge in [0.2, 0.25) is 0 Å². The number of hydrogen-bond acceptors (Lipinski definition) is 1. The maximum atomic E-state index is 11.5. The summed E-state index contributed by atoms with van der Waals surface area (Å²) in [6.45, 7) is 0. The van der Waals surface area contributed by atoms with Crippen molar-refractivity contribution in [2.45, 2.75) is 12.8 Å². The molecule has 58 valence electrons. The Hall–Kier alpha value is -1.05. The van der Waals surface area contributed by atoms with Gasteiger partial charge in [0, 0.05) is 19.2 Å². The van der Waals surface area contributed by atoms with E-state index in [-0.39, 0.29) is 0 Å². The number of nitrogens with zero attached hydrogens (tertiary/aromatic N) is 1. The largest absolute Gasteiger partial charge is 0.348 e. The van der Waals surface area contributed by atoms with E-state index in [1.165, 1.54) is 0 Å². The Morgan fingerprint density at radius 2 is 2.36 bits per heavy atom. The van der Waals surface area contributed by atoms with Gasteiger partial charge in [-0.25, -0.2) is 0 Å². The van der Waals surface area contributed by atoms with Gasteiger partial charge < -0.3 is 4.57 Å². The second kappa shape index (κ2) is 2.22. The topological polar surface area (TPSA) is 22.0 Å². The van der Waals surface area contributed by atoms with Gasteiger partial charge in [-0.2, -0.15) is 0 Å². The number of Topliss-reactive ketones (excluding diaryl/α,β-unsaturated/α-hetero) is 1. The van der Waals surface area contributed by atoms with Crippen LogP contribution in [0.15, 0.2) is 18.3 Å². The molecule has 1 saturated carbocycles. The molecule has 1 aromatic rings. The van der Waals surface area contributed by atoms with Crippen LogP contribution in [0, 0.1) is 5.92 Å². The first-order valence-corrected chi connectivity index (χ1v) is 3.94. The molecule has 2 heteroatoms. The van der Waals surface area contributed by atoms with Gasteiger partial charge in [-0.1, -0.05) is 0 Å². The highest BCUT2D eigenvalue weighted by Crippen LogP contribution is 2.32. The molecule has 2 nitrogen and oxygen atoms in total. The monoisotopic (exact) mass is 149 g/mol. The van der Waals surface area contributed by atoms with E-state index in [1.807, 2.05) is 29.9 Å². The fraction of sp³-hybridized carbons (Fsp3) is 0.444. The average Bonchev–Trinajstić information content (AvgIpc) is 2.74. The van der Waals surface area contributed by atoms with Gasteiger partial charge in [-0.3, -0.25) is 4.79 Å². The van der Waals surface area contributed by atoms with E-state index < -0.39 is 0 Å². The van der Waals surface area contributed by atoms with Gasteiger partial charge in [-0.15, -0.1) is 0 Å². The summed E-state index contributed by atoms with van der Waals surface area (Å²) < 4.78 is 1.89.